The Kier molecular flexibility index (Phi) is 5.31. The zero-order valence-corrected chi connectivity index (χ0v) is 20.1. The summed E-state index contributed by atoms with van der Waals surface area (Å²) in [7, 11) is 1.66. The van der Waals surface area contributed by atoms with E-state index in [1.54, 1.807) is 34.7 Å². The summed E-state index contributed by atoms with van der Waals surface area (Å²) in [5, 5.41) is 1.07. The largest absolute Gasteiger partial charge is 0.497 e. The van der Waals surface area contributed by atoms with E-state index < -0.39 is 0 Å². The number of methoxy groups -OCH3 is 1. The number of aryl methyl sites for hydroxylation is 1. The van der Waals surface area contributed by atoms with Crippen molar-refractivity contribution in [3.05, 3.63) is 76.4 Å². The van der Waals surface area contributed by atoms with E-state index in [1.807, 2.05) is 37.1 Å². The number of carbonyl (C=O) groups is 1. The zero-order valence-electron chi connectivity index (χ0n) is 20.1. The molecule has 4 heterocycles. The first-order chi connectivity index (χ1) is 16.3. The average Bonchev–Trinajstić information content (AvgIpc) is 3.40. The van der Waals surface area contributed by atoms with Crippen LogP contribution >= 0.6 is 0 Å². The van der Waals surface area contributed by atoms with Crippen LogP contribution in [0, 0.1) is 6.92 Å². The molecule has 8 heteroatoms. The van der Waals surface area contributed by atoms with Crippen molar-refractivity contribution in [3.63, 3.8) is 0 Å². The van der Waals surface area contributed by atoms with Gasteiger partial charge in [0.25, 0.3) is 11.5 Å². The molecule has 3 aromatic heterocycles. The number of amides is 1. The van der Waals surface area contributed by atoms with E-state index >= 15 is 0 Å². The zero-order chi connectivity index (χ0) is 24.1. The maximum absolute atomic E-state index is 13.6. The summed E-state index contributed by atoms with van der Waals surface area (Å²) >= 11 is 0. The van der Waals surface area contributed by atoms with Crippen molar-refractivity contribution >= 4 is 16.8 Å². The van der Waals surface area contributed by atoms with E-state index in [9.17, 15) is 9.59 Å². The Morgan fingerprint density at radius 2 is 1.94 bits per heavy atom. The van der Waals surface area contributed by atoms with Crippen molar-refractivity contribution in [2.45, 2.75) is 52.9 Å². The number of benzene rings is 1. The lowest BCUT2D eigenvalue weighted by molar-refractivity contribution is 0.0591. The van der Waals surface area contributed by atoms with E-state index in [0.29, 0.717) is 24.5 Å². The van der Waals surface area contributed by atoms with Gasteiger partial charge in [-0.05, 0) is 63.6 Å². The Labute approximate surface area is 198 Å². The second-order valence-corrected chi connectivity index (χ2v) is 9.26. The van der Waals surface area contributed by atoms with Crippen molar-refractivity contribution in [3.8, 4) is 11.4 Å². The molecule has 1 amide bonds. The van der Waals surface area contributed by atoms with Gasteiger partial charge in [0.2, 0.25) is 0 Å². The van der Waals surface area contributed by atoms with Gasteiger partial charge in [0.15, 0.2) is 0 Å². The number of carbonyl (C=O) groups excluding carboxylic acids is 1. The molecule has 176 valence electrons. The smallest absolute Gasteiger partial charge is 0.275 e. The van der Waals surface area contributed by atoms with E-state index in [4.69, 9.17) is 4.74 Å². The highest BCUT2D eigenvalue weighted by Gasteiger charge is 2.32. The van der Waals surface area contributed by atoms with Gasteiger partial charge < -0.3 is 23.3 Å². The van der Waals surface area contributed by atoms with E-state index in [2.05, 4.69) is 35.7 Å². The molecule has 0 unspecified atom stereocenters. The molecule has 1 aliphatic rings. The summed E-state index contributed by atoms with van der Waals surface area (Å²) in [5.41, 5.74) is 3.72. The van der Waals surface area contributed by atoms with E-state index in [-0.39, 0.29) is 23.6 Å². The fraction of sp³-hybridized carbons (Fsp3) is 0.346. The third-order valence-corrected chi connectivity index (χ3v) is 6.62. The second-order valence-electron chi connectivity index (χ2n) is 9.26. The summed E-state index contributed by atoms with van der Waals surface area (Å²) in [6.07, 6.45) is 5.56. The summed E-state index contributed by atoms with van der Waals surface area (Å²) in [6, 6.07) is 9.64. The molecule has 8 nitrogen and oxygen atoms in total. The molecule has 0 saturated heterocycles. The van der Waals surface area contributed by atoms with Gasteiger partial charge >= 0.3 is 0 Å². The third kappa shape index (κ3) is 3.50. The highest BCUT2D eigenvalue weighted by atomic mass is 16.5. The van der Waals surface area contributed by atoms with Crippen LogP contribution < -0.4 is 10.3 Å². The summed E-state index contributed by atoms with van der Waals surface area (Å²) in [6.45, 7) is 9.05. The first-order valence-electron chi connectivity index (χ1n) is 11.5. The normalized spacial score (nSPS) is 15.9. The number of hydrogen-bond acceptors (Lipinski definition) is 4. The highest BCUT2D eigenvalue weighted by molar-refractivity contribution is 5.94. The van der Waals surface area contributed by atoms with Gasteiger partial charge in [-0.25, -0.2) is 4.98 Å². The molecule has 0 N–H and O–H groups in total. The maximum Gasteiger partial charge on any atom is 0.275 e. The van der Waals surface area contributed by atoms with Crippen molar-refractivity contribution < 1.29 is 9.53 Å². The van der Waals surface area contributed by atoms with Gasteiger partial charge in [0.05, 0.1) is 19.1 Å². The number of nitrogens with zero attached hydrogens (tertiary/aromatic N) is 5. The minimum atomic E-state index is -0.184. The van der Waals surface area contributed by atoms with E-state index in [1.165, 1.54) is 0 Å². The fourth-order valence-electron chi connectivity index (χ4n) is 4.79. The van der Waals surface area contributed by atoms with Gasteiger partial charge in [-0.1, -0.05) is 0 Å². The number of aromatic nitrogens is 4. The van der Waals surface area contributed by atoms with Crippen LogP contribution in [0.5, 0.6) is 5.75 Å². The first-order valence-corrected chi connectivity index (χ1v) is 11.5. The number of pyridine rings is 1. The Hall–Kier alpha value is -3.81. The monoisotopic (exact) mass is 459 g/mol. The van der Waals surface area contributed by atoms with Crippen LogP contribution in [0.4, 0.5) is 0 Å². The molecule has 5 rings (SSSR count). The number of fused-ring (bicyclic) bond motifs is 2. The summed E-state index contributed by atoms with van der Waals surface area (Å²) < 4.78 is 11.0. The molecule has 0 bridgehead atoms. The standard InChI is InChI=1S/C26H29N5O3/c1-16(2)29-13-19(21-10-20(34-5)6-7-22(21)29)14-30-18(4)12-31-24(26(30)33)9-8-23(25(31)32)28-11-17(3)27-15-28/h6-11,13,15-16,18H,12,14H2,1-5H3/t18-/m1/s1. The van der Waals surface area contributed by atoms with Gasteiger partial charge in [0.1, 0.15) is 17.1 Å². The molecule has 0 spiro atoms. The number of rotatable bonds is 5. The minimum absolute atomic E-state index is 0.138. The number of ether oxygens (including phenoxy) is 1. The summed E-state index contributed by atoms with van der Waals surface area (Å²) in [5.74, 6) is 0.644. The fourth-order valence-corrected chi connectivity index (χ4v) is 4.79. The van der Waals surface area contributed by atoms with E-state index in [0.717, 1.165) is 27.9 Å². The molecule has 1 aliphatic heterocycles. The van der Waals surface area contributed by atoms with Crippen LogP contribution in [0.3, 0.4) is 0 Å². The topological polar surface area (TPSA) is 74.3 Å². The molecule has 1 aromatic carbocycles. The van der Waals surface area contributed by atoms with Gasteiger partial charge in [-0.2, -0.15) is 0 Å². The molecule has 1 atom stereocenters. The Morgan fingerprint density at radius 3 is 2.62 bits per heavy atom. The third-order valence-electron chi connectivity index (χ3n) is 6.62. The molecule has 0 saturated carbocycles. The molecular weight excluding hydrogens is 430 g/mol. The lowest BCUT2D eigenvalue weighted by atomic mass is 10.1. The first kappa shape index (κ1) is 22.0. The molecule has 0 aliphatic carbocycles. The van der Waals surface area contributed by atoms with Gasteiger partial charge in [-0.3, -0.25) is 9.59 Å². The number of imidazole rings is 1. The molecule has 0 fully saturated rings. The Bertz CT molecular complexity index is 1460. The van der Waals surface area contributed by atoms with Crippen LogP contribution in [-0.4, -0.2) is 42.6 Å². The van der Waals surface area contributed by atoms with Crippen LogP contribution in [-0.2, 0) is 13.1 Å². The predicted octanol–water partition coefficient (Wildman–Crippen LogP) is 3.93. The van der Waals surface area contributed by atoms with Crippen LogP contribution in [0.25, 0.3) is 16.6 Å². The van der Waals surface area contributed by atoms with Crippen molar-refractivity contribution in [2.75, 3.05) is 7.11 Å². The lowest BCUT2D eigenvalue weighted by Gasteiger charge is -2.35. The summed E-state index contributed by atoms with van der Waals surface area (Å²) in [4.78, 5) is 32.9. The second kappa shape index (κ2) is 8.20. The predicted molar refractivity (Wildman–Crippen MR) is 131 cm³/mol. The van der Waals surface area contributed by atoms with Crippen LogP contribution in [0.2, 0.25) is 0 Å². The lowest BCUT2D eigenvalue weighted by Crippen LogP contribution is -2.49. The number of hydrogen-bond donors (Lipinski definition) is 0. The Morgan fingerprint density at radius 1 is 1.15 bits per heavy atom. The maximum atomic E-state index is 13.6. The Balaban J connectivity index is 1.53. The quantitative estimate of drug-likeness (QED) is 0.453. The van der Waals surface area contributed by atoms with Crippen LogP contribution in [0.15, 0.2) is 53.8 Å². The van der Waals surface area contributed by atoms with Crippen LogP contribution in [0.1, 0.15) is 48.6 Å². The van der Waals surface area contributed by atoms with Crippen molar-refractivity contribution in [1.82, 2.24) is 23.6 Å². The average molecular weight is 460 g/mol. The highest BCUT2D eigenvalue weighted by Crippen LogP contribution is 2.31. The molecule has 0 radical (unpaired) electrons. The molecule has 4 aromatic rings. The van der Waals surface area contributed by atoms with Gasteiger partial charge in [-0.15, -0.1) is 0 Å². The SMILES string of the molecule is COc1ccc2c(c1)c(CN1C(=O)c3ccc(-n4cnc(C)c4)c(=O)n3C[C@H]1C)cn2C(C)C. The van der Waals surface area contributed by atoms with Gasteiger partial charge in [0, 0.05) is 48.5 Å². The molecule has 34 heavy (non-hydrogen) atoms. The molecular formula is C26H29N5O3. The van der Waals surface area contributed by atoms with Crippen molar-refractivity contribution in [2.24, 2.45) is 0 Å². The van der Waals surface area contributed by atoms with Crippen molar-refractivity contribution in [1.29, 1.82) is 0 Å². The minimum Gasteiger partial charge on any atom is -0.497 e.